The molecule has 0 fully saturated rings. The number of para-hydroxylation sites is 1. The smallest absolute Gasteiger partial charge is 0.255 e. The average Bonchev–Trinajstić information content (AvgIpc) is 2.55. The lowest BCUT2D eigenvalue weighted by Crippen LogP contribution is -2.32. The molecule has 5 heteroatoms. The summed E-state index contributed by atoms with van der Waals surface area (Å²) in [4.78, 5) is 28.4. The maximum absolute atomic E-state index is 12.3. The number of benzene rings is 1. The van der Waals surface area contributed by atoms with Crippen LogP contribution in [-0.2, 0) is 0 Å². The number of anilines is 1. The van der Waals surface area contributed by atoms with Gasteiger partial charge in [-0.25, -0.2) is 0 Å². The van der Waals surface area contributed by atoms with E-state index in [1.165, 1.54) is 0 Å². The predicted octanol–water partition coefficient (Wildman–Crippen LogP) is 2.86. The van der Waals surface area contributed by atoms with Crippen molar-refractivity contribution in [1.82, 2.24) is 10.3 Å². The molecule has 0 aliphatic rings. The van der Waals surface area contributed by atoms with E-state index < -0.39 is 0 Å². The molecule has 2 rings (SSSR count). The number of carbonyl (C=O) groups excluding carboxylic acids is 2. The summed E-state index contributed by atoms with van der Waals surface area (Å²) in [6, 6.07) is 10.3. The summed E-state index contributed by atoms with van der Waals surface area (Å²) < 4.78 is 0. The first-order valence-electron chi connectivity index (χ1n) is 7.23. The van der Waals surface area contributed by atoms with E-state index in [2.05, 4.69) is 15.6 Å². The summed E-state index contributed by atoms with van der Waals surface area (Å²) in [5.41, 5.74) is 1.43. The Balaban J connectivity index is 2.18. The Morgan fingerprint density at radius 3 is 2.45 bits per heavy atom. The van der Waals surface area contributed by atoms with Crippen molar-refractivity contribution in [3.8, 4) is 0 Å². The molecule has 0 bridgehead atoms. The van der Waals surface area contributed by atoms with E-state index >= 15 is 0 Å². The second kappa shape index (κ2) is 7.36. The minimum absolute atomic E-state index is 0.0801. The fourth-order valence-electron chi connectivity index (χ4n) is 1.89. The van der Waals surface area contributed by atoms with E-state index in [9.17, 15) is 9.59 Å². The minimum atomic E-state index is -0.272. The molecule has 0 unspecified atom stereocenters. The van der Waals surface area contributed by atoms with Crippen LogP contribution in [0.5, 0.6) is 0 Å². The summed E-state index contributed by atoms with van der Waals surface area (Å²) in [6.45, 7) is 3.94. The third-order valence-electron chi connectivity index (χ3n) is 3.35. The number of carbonyl (C=O) groups is 2. The van der Waals surface area contributed by atoms with Crippen molar-refractivity contribution in [3.63, 3.8) is 0 Å². The van der Waals surface area contributed by atoms with Gasteiger partial charge in [-0.1, -0.05) is 19.1 Å². The van der Waals surface area contributed by atoms with Gasteiger partial charge in [0, 0.05) is 24.0 Å². The van der Waals surface area contributed by atoms with Gasteiger partial charge in [0.2, 0.25) is 0 Å². The molecule has 2 aromatic rings. The second-order valence-corrected chi connectivity index (χ2v) is 5.02. The molecule has 1 atom stereocenters. The van der Waals surface area contributed by atoms with Crippen LogP contribution in [-0.4, -0.2) is 22.8 Å². The van der Waals surface area contributed by atoms with Crippen LogP contribution in [0.25, 0.3) is 0 Å². The van der Waals surface area contributed by atoms with E-state index in [0.29, 0.717) is 16.8 Å². The van der Waals surface area contributed by atoms with Crippen LogP contribution in [0.3, 0.4) is 0 Å². The Hall–Kier alpha value is -2.69. The number of nitrogens with zero attached hydrogens (tertiary/aromatic N) is 1. The van der Waals surface area contributed by atoms with Crippen LogP contribution in [0.2, 0.25) is 0 Å². The zero-order chi connectivity index (χ0) is 15.9. The summed E-state index contributed by atoms with van der Waals surface area (Å²) in [5, 5.41) is 5.67. The molecular weight excluding hydrogens is 278 g/mol. The van der Waals surface area contributed by atoms with Crippen molar-refractivity contribution in [3.05, 3.63) is 59.9 Å². The molecule has 22 heavy (non-hydrogen) atoms. The maximum Gasteiger partial charge on any atom is 0.255 e. The van der Waals surface area contributed by atoms with Crippen molar-refractivity contribution in [2.45, 2.75) is 26.3 Å². The van der Waals surface area contributed by atoms with Gasteiger partial charge in [0.1, 0.15) is 0 Å². The summed E-state index contributed by atoms with van der Waals surface area (Å²) in [7, 11) is 0. The SMILES string of the molecule is CC[C@H](C)NC(=O)c1ccccc1NC(=O)c1ccncc1. The Bertz CT molecular complexity index is 656. The van der Waals surface area contributed by atoms with Crippen LogP contribution >= 0.6 is 0 Å². The van der Waals surface area contributed by atoms with E-state index in [1.807, 2.05) is 13.8 Å². The first-order chi connectivity index (χ1) is 10.6. The number of hydrogen-bond donors (Lipinski definition) is 2. The summed E-state index contributed by atoms with van der Waals surface area (Å²) in [5.74, 6) is -0.467. The first kappa shape index (κ1) is 15.7. The van der Waals surface area contributed by atoms with Crippen molar-refractivity contribution in [2.75, 3.05) is 5.32 Å². The molecule has 0 saturated heterocycles. The standard InChI is InChI=1S/C17H19N3O2/c1-3-12(2)19-17(22)14-6-4-5-7-15(14)20-16(21)13-8-10-18-11-9-13/h4-12H,3H2,1-2H3,(H,19,22)(H,20,21)/t12-/m0/s1. The number of amides is 2. The zero-order valence-corrected chi connectivity index (χ0v) is 12.7. The predicted molar refractivity (Wildman–Crippen MR) is 85.9 cm³/mol. The van der Waals surface area contributed by atoms with Crippen LogP contribution in [0.4, 0.5) is 5.69 Å². The summed E-state index contributed by atoms with van der Waals surface area (Å²) >= 11 is 0. The minimum Gasteiger partial charge on any atom is -0.350 e. The van der Waals surface area contributed by atoms with Crippen molar-refractivity contribution >= 4 is 17.5 Å². The molecule has 2 amide bonds. The highest BCUT2D eigenvalue weighted by atomic mass is 16.2. The molecule has 1 heterocycles. The molecule has 0 radical (unpaired) electrons. The highest BCUT2D eigenvalue weighted by Crippen LogP contribution is 2.16. The molecule has 1 aromatic carbocycles. The van der Waals surface area contributed by atoms with Crippen molar-refractivity contribution in [1.29, 1.82) is 0 Å². The van der Waals surface area contributed by atoms with Gasteiger partial charge in [0.05, 0.1) is 11.3 Å². The number of aromatic nitrogens is 1. The van der Waals surface area contributed by atoms with E-state index in [0.717, 1.165) is 6.42 Å². The van der Waals surface area contributed by atoms with Crippen LogP contribution in [0.15, 0.2) is 48.8 Å². The molecule has 114 valence electrons. The topological polar surface area (TPSA) is 71.1 Å². The third kappa shape index (κ3) is 3.91. The van der Waals surface area contributed by atoms with Gasteiger partial charge in [-0.05, 0) is 37.6 Å². The van der Waals surface area contributed by atoms with Gasteiger partial charge in [0.25, 0.3) is 11.8 Å². The Morgan fingerprint density at radius 2 is 1.77 bits per heavy atom. The quantitative estimate of drug-likeness (QED) is 0.891. The van der Waals surface area contributed by atoms with Crippen LogP contribution in [0, 0.1) is 0 Å². The van der Waals surface area contributed by atoms with Gasteiger partial charge in [-0.15, -0.1) is 0 Å². The molecular formula is C17H19N3O2. The number of hydrogen-bond acceptors (Lipinski definition) is 3. The van der Waals surface area contributed by atoms with Gasteiger partial charge < -0.3 is 10.6 Å². The van der Waals surface area contributed by atoms with Gasteiger partial charge >= 0.3 is 0 Å². The van der Waals surface area contributed by atoms with Gasteiger partial charge in [-0.3, -0.25) is 14.6 Å². The highest BCUT2D eigenvalue weighted by molar-refractivity contribution is 6.08. The second-order valence-electron chi connectivity index (χ2n) is 5.02. The number of nitrogens with one attached hydrogen (secondary N) is 2. The highest BCUT2D eigenvalue weighted by Gasteiger charge is 2.15. The van der Waals surface area contributed by atoms with Crippen molar-refractivity contribution < 1.29 is 9.59 Å². The zero-order valence-electron chi connectivity index (χ0n) is 12.7. The monoisotopic (exact) mass is 297 g/mol. The fraction of sp³-hybridized carbons (Fsp3) is 0.235. The lowest BCUT2D eigenvalue weighted by atomic mass is 10.1. The molecule has 0 spiro atoms. The average molecular weight is 297 g/mol. The van der Waals surface area contributed by atoms with E-state index in [-0.39, 0.29) is 17.9 Å². The molecule has 2 N–H and O–H groups in total. The Morgan fingerprint density at radius 1 is 1.09 bits per heavy atom. The van der Waals surface area contributed by atoms with Gasteiger partial charge in [-0.2, -0.15) is 0 Å². The molecule has 0 aliphatic carbocycles. The molecule has 0 aliphatic heterocycles. The van der Waals surface area contributed by atoms with E-state index in [4.69, 9.17) is 0 Å². The molecule has 5 nitrogen and oxygen atoms in total. The summed E-state index contributed by atoms with van der Waals surface area (Å²) in [6.07, 6.45) is 3.95. The van der Waals surface area contributed by atoms with E-state index in [1.54, 1.807) is 48.8 Å². The normalized spacial score (nSPS) is 11.5. The molecule has 1 aromatic heterocycles. The van der Waals surface area contributed by atoms with Crippen LogP contribution < -0.4 is 10.6 Å². The lowest BCUT2D eigenvalue weighted by Gasteiger charge is -2.14. The lowest BCUT2D eigenvalue weighted by molar-refractivity contribution is 0.0940. The van der Waals surface area contributed by atoms with Crippen molar-refractivity contribution in [2.24, 2.45) is 0 Å². The Kier molecular flexibility index (Phi) is 5.25. The van der Waals surface area contributed by atoms with Gasteiger partial charge in [0.15, 0.2) is 0 Å². The number of pyridine rings is 1. The number of rotatable bonds is 5. The largest absolute Gasteiger partial charge is 0.350 e. The fourth-order valence-corrected chi connectivity index (χ4v) is 1.89. The Labute approximate surface area is 129 Å². The third-order valence-corrected chi connectivity index (χ3v) is 3.35. The van der Waals surface area contributed by atoms with Crippen LogP contribution in [0.1, 0.15) is 41.0 Å². The first-order valence-corrected chi connectivity index (χ1v) is 7.23. The maximum atomic E-state index is 12.3. The molecule has 0 saturated carbocycles.